The summed E-state index contributed by atoms with van der Waals surface area (Å²) in [6.07, 6.45) is 1.93. The van der Waals surface area contributed by atoms with Crippen LogP contribution in [0.4, 0.5) is 22.7 Å². The van der Waals surface area contributed by atoms with Gasteiger partial charge in [0.25, 0.3) is 0 Å². The molecule has 0 unspecified atom stereocenters. The molecule has 0 fully saturated rings. The van der Waals surface area contributed by atoms with E-state index in [0.717, 1.165) is 45.1 Å². The van der Waals surface area contributed by atoms with Gasteiger partial charge in [-0.1, -0.05) is 126 Å². The fourth-order valence-corrected chi connectivity index (χ4v) is 10.2. The Balaban J connectivity index is 1.01. The second kappa shape index (κ2) is 14.0. The van der Waals surface area contributed by atoms with Gasteiger partial charge < -0.3 is 14.5 Å². The average molecular weight is 807 g/mol. The summed E-state index contributed by atoms with van der Waals surface area (Å²) in [6.45, 7) is 16.6. The first-order valence-electron chi connectivity index (χ1n) is 21.7. The fraction of sp³-hybridized carbons (Fsp3) is 0.175. The summed E-state index contributed by atoms with van der Waals surface area (Å²) < 4.78 is 9.07. The lowest BCUT2D eigenvalue weighted by molar-refractivity contribution is 0.483. The zero-order valence-electron chi connectivity index (χ0n) is 36.5. The number of aromatic nitrogens is 2. The lowest BCUT2D eigenvalue weighted by atomic mass is 9.81. The molecule has 7 aromatic carbocycles. The normalized spacial score (nSPS) is 14.0. The van der Waals surface area contributed by atoms with Gasteiger partial charge in [-0.2, -0.15) is 0 Å². The van der Waals surface area contributed by atoms with Gasteiger partial charge in [-0.25, -0.2) is 4.98 Å². The molecular formula is C57H50N4O. The van der Waals surface area contributed by atoms with Crippen molar-refractivity contribution in [2.24, 2.45) is 0 Å². The van der Waals surface area contributed by atoms with Crippen molar-refractivity contribution in [1.29, 1.82) is 0 Å². The van der Waals surface area contributed by atoms with Gasteiger partial charge in [0.2, 0.25) is 0 Å². The van der Waals surface area contributed by atoms with E-state index in [1.807, 2.05) is 6.20 Å². The maximum absolute atomic E-state index is 6.80. The summed E-state index contributed by atoms with van der Waals surface area (Å²) in [6, 6.07) is 57.1. The van der Waals surface area contributed by atoms with E-state index in [-0.39, 0.29) is 10.8 Å². The molecule has 5 nitrogen and oxygen atoms in total. The molecule has 1 aliphatic carbocycles. The number of pyridine rings is 1. The fourth-order valence-electron chi connectivity index (χ4n) is 10.2. The van der Waals surface area contributed by atoms with E-state index in [9.17, 15) is 0 Å². The van der Waals surface area contributed by atoms with E-state index < -0.39 is 0 Å². The number of hydrogen-bond donors (Lipinski definition) is 0. The Kier molecular flexibility index (Phi) is 8.53. The third-order valence-electron chi connectivity index (χ3n) is 13.3. The van der Waals surface area contributed by atoms with Crippen molar-refractivity contribution in [1.82, 2.24) is 9.55 Å². The molecule has 0 atom stereocenters. The SMILES string of the molecule is Cc1cccc(C)c1-c1ccc2c(c1N1CN(c3cccc(Oc4ccc5c6ccccc6n(-c6cc(C(C)(C)C)ccn6)c5c4)c3)c3ccccc31)-c1ccccc1C2(C)C. The van der Waals surface area contributed by atoms with Crippen molar-refractivity contribution in [3.8, 4) is 39.6 Å². The molecule has 5 heteroatoms. The summed E-state index contributed by atoms with van der Waals surface area (Å²) in [7, 11) is 0. The Bertz CT molecular complexity index is 3240. The van der Waals surface area contributed by atoms with Gasteiger partial charge in [0.15, 0.2) is 0 Å². The number of fused-ring (bicyclic) bond motifs is 7. The van der Waals surface area contributed by atoms with Crippen molar-refractivity contribution < 1.29 is 4.74 Å². The van der Waals surface area contributed by atoms with Crippen LogP contribution in [0.25, 0.3) is 49.9 Å². The largest absolute Gasteiger partial charge is 0.457 e. The van der Waals surface area contributed by atoms with Crippen LogP contribution in [0.2, 0.25) is 0 Å². The summed E-state index contributed by atoms with van der Waals surface area (Å²) >= 11 is 0. The number of rotatable bonds is 6. The minimum Gasteiger partial charge on any atom is -0.457 e. The van der Waals surface area contributed by atoms with Crippen LogP contribution < -0.4 is 14.5 Å². The predicted octanol–water partition coefficient (Wildman–Crippen LogP) is 15.1. The van der Waals surface area contributed by atoms with Gasteiger partial charge in [-0.05, 0) is 113 Å². The van der Waals surface area contributed by atoms with E-state index in [0.29, 0.717) is 6.67 Å². The van der Waals surface area contributed by atoms with Crippen molar-refractivity contribution >= 4 is 44.6 Å². The Labute approximate surface area is 364 Å². The van der Waals surface area contributed by atoms with Gasteiger partial charge in [0.05, 0.1) is 28.1 Å². The predicted molar refractivity (Wildman–Crippen MR) is 258 cm³/mol. The highest BCUT2D eigenvalue weighted by atomic mass is 16.5. The van der Waals surface area contributed by atoms with E-state index >= 15 is 0 Å². The molecule has 0 spiro atoms. The Hall–Kier alpha value is -7.11. The summed E-state index contributed by atoms with van der Waals surface area (Å²) in [4.78, 5) is 9.87. The number of nitrogens with zero attached hydrogens (tertiary/aromatic N) is 4. The number of benzene rings is 7. The van der Waals surface area contributed by atoms with Crippen LogP contribution in [0.5, 0.6) is 11.5 Å². The second-order valence-electron chi connectivity index (χ2n) is 18.6. The monoisotopic (exact) mass is 806 g/mol. The molecule has 0 saturated carbocycles. The standard InChI is InChI=1S/C57H50N4O/c1-36-16-14-17-37(2)53(36)45-28-29-47-54(44-21-8-10-22-46(44)57(47,6)7)55(45)60-35-59(49-24-12-13-25-50(49)60)39-18-15-19-40(33-39)62-41-26-27-43-42-20-9-11-23-48(42)61(51(43)34-41)52-32-38(30-31-58-52)56(3,4)5/h8-34H,35H2,1-7H3. The number of ether oxygens (including phenoxy) is 1. The summed E-state index contributed by atoms with van der Waals surface area (Å²) in [5.41, 5.74) is 18.4. The van der Waals surface area contributed by atoms with Gasteiger partial charge in [-0.15, -0.1) is 0 Å². The summed E-state index contributed by atoms with van der Waals surface area (Å²) in [5.74, 6) is 2.45. The lowest BCUT2D eigenvalue weighted by Gasteiger charge is -2.29. The molecule has 0 radical (unpaired) electrons. The van der Waals surface area contributed by atoms with Gasteiger partial charge in [0, 0.05) is 51.3 Å². The maximum Gasteiger partial charge on any atom is 0.137 e. The molecule has 2 aromatic heterocycles. The van der Waals surface area contributed by atoms with Crippen LogP contribution in [0.15, 0.2) is 164 Å². The third-order valence-corrected chi connectivity index (χ3v) is 13.3. The van der Waals surface area contributed by atoms with Crippen LogP contribution >= 0.6 is 0 Å². The first-order chi connectivity index (χ1) is 30.0. The van der Waals surface area contributed by atoms with Gasteiger partial charge in [-0.3, -0.25) is 4.57 Å². The van der Waals surface area contributed by atoms with Gasteiger partial charge in [0.1, 0.15) is 24.0 Å². The highest BCUT2D eigenvalue weighted by Crippen LogP contribution is 2.58. The highest BCUT2D eigenvalue weighted by Gasteiger charge is 2.41. The highest BCUT2D eigenvalue weighted by molar-refractivity contribution is 6.09. The molecule has 0 amide bonds. The first kappa shape index (κ1) is 37.9. The van der Waals surface area contributed by atoms with Crippen molar-refractivity contribution in [3.63, 3.8) is 0 Å². The molecule has 2 aliphatic rings. The number of anilines is 4. The summed E-state index contributed by atoms with van der Waals surface area (Å²) in [5, 5.41) is 2.35. The number of para-hydroxylation sites is 3. The van der Waals surface area contributed by atoms with E-state index in [1.54, 1.807) is 0 Å². The quantitative estimate of drug-likeness (QED) is 0.168. The van der Waals surface area contributed by atoms with Crippen LogP contribution in [-0.4, -0.2) is 16.2 Å². The van der Waals surface area contributed by atoms with Crippen LogP contribution in [0.3, 0.4) is 0 Å². The van der Waals surface area contributed by atoms with Crippen LogP contribution in [0, 0.1) is 13.8 Å². The molecule has 1 aliphatic heterocycles. The molecule has 11 rings (SSSR count). The molecule has 0 bridgehead atoms. The number of aryl methyl sites for hydroxylation is 2. The zero-order valence-corrected chi connectivity index (χ0v) is 36.5. The van der Waals surface area contributed by atoms with Crippen molar-refractivity contribution in [3.05, 3.63) is 192 Å². The maximum atomic E-state index is 6.80. The van der Waals surface area contributed by atoms with E-state index in [4.69, 9.17) is 9.72 Å². The molecule has 0 saturated heterocycles. The lowest BCUT2D eigenvalue weighted by Crippen LogP contribution is -2.25. The van der Waals surface area contributed by atoms with Crippen LogP contribution in [0.1, 0.15) is 62.4 Å². The Morgan fingerprint density at radius 2 is 1.26 bits per heavy atom. The minimum atomic E-state index is -0.130. The Morgan fingerprint density at radius 1 is 0.565 bits per heavy atom. The molecule has 9 aromatic rings. The van der Waals surface area contributed by atoms with E-state index in [1.165, 1.54) is 66.8 Å². The first-order valence-corrected chi connectivity index (χ1v) is 21.7. The average Bonchev–Trinajstić information content (AvgIpc) is 3.89. The topological polar surface area (TPSA) is 33.5 Å². The van der Waals surface area contributed by atoms with Crippen molar-refractivity contribution in [2.45, 2.75) is 59.3 Å². The van der Waals surface area contributed by atoms with Crippen LogP contribution in [-0.2, 0) is 10.8 Å². The van der Waals surface area contributed by atoms with E-state index in [2.05, 4.69) is 221 Å². The zero-order chi connectivity index (χ0) is 42.5. The Morgan fingerprint density at radius 3 is 2.06 bits per heavy atom. The minimum absolute atomic E-state index is 0.00560. The molecule has 0 N–H and O–H groups in total. The van der Waals surface area contributed by atoms with Crippen molar-refractivity contribution in [2.75, 3.05) is 16.5 Å². The second-order valence-corrected chi connectivity index (χ2v) is 18.6. The third kappa shape index (κ3) is 5.86. The molecule has 304 valence electrons. The smallest absolute Gasteiger partial charge is 0.137 e. The number of hydrogen-bond acceptors (Lipinski definition) is 4. The molecule has 62 heavy (non-hydrogen) atoms. The van der Waals surface area contributed by atoms with Gasteiger partial charge >= 0.3 is 0 Å². The molecule has 3 heterocycles. The molecular weight excluding hydrogens is 757 g/mol.